The van der Waals surface area contributed by atoms with Gasteiger partial charge in [0.15, 0.2) is 6.29 Å². The lowest BCUT2D eigenvalue weighted by molar-refractivity contribution is -0.0124. The average Bonchev–Trinajstić information content (AvgIpc) is 2.34. The van der Waals surface area contributed by atoms with Gasteiger partial charge < -0.3 is 14.6 Å². The van der Waals surface area contributed by atoms with Gasteiger partial charge in [-0.2, -0.15) is 0 Å². The normalized spacial score (nSPS) is 12.5. The van der Waals surface area contributed by atoms with Crippen molar-refractivity contribution in [2.45, 2.75) is 33.0 Å². The molecule has 0 radical (unpaired) electrons. The molecule has 4 heteroatoms. The fraction of sp³-hybridized carbons (Fsp3) is 0.500. The summed E-state index contributed by atoms with van der Waals surface area (Å²) in [6.45, 7) is 6.00. The maximum atomic E-state index is 10.9. The first-order valence-corrected chi connectivity index (χ1v) is 6.01. The third-order valence-electron chi connectivity index (χ3n) is 2.41. The third-order valence-corrected chi connectivity index (χ3v) is 2.41. The number of aliphatic hydroxyl groups excluding tert-OH is 1. The zero-order chi connectivity index (χ0) is 13.5. The number of carbonyl (C=O) groups is 1. The van der Waals surface area contributed by atoms with Gasteiger partial charge in [0.25, 0.3) is 0 Å². The van der Waals surface area contributed by atoms with Crippen LogP contribution in [0.5, 0.6) is 5.75 Å². The smallest absolute Gasteiger partial charge is 0.153 e. The molecular formula is C14H20O4. The van der Waals surface area contributed by atoms with Crippen molar-refractivity contribution >= 4 is 6.29 Å². The molecule has 0 spiro atoms. The molecule has 0 fully saturated rings. The molecule has 0 saturated carbocycles. The molecule has 0 aliphatic rings. The van der Waals surface area contributed by atoms with E-state index in [0.717, 1.165) is 11.8 Å². The molecule has 100 valence electrons. The molecular weight excluding hydrogens is 232 g/mol. The van der Waals surface area contributed by atoms with Crippen LogP contribution in [0.1, 0.15) is 29.8 Å². The lowest BCUT2D eigenvalue weighted by atomic mass is 10.1. The summed E-state index contributed by atoms with van der Waals surface area (Å²) < 4.78 is 10.8. The van der Waals surface area contributed by atoms with Crippen LogP contribution in [0.3, 0.4) is 0 Å². The van der Waals surface area contributed by atoms with E-state index in [1.807, 2.05) is 26.8 Å². The quantitative estimate of drug-likeness (QED) is 0.754. The zero-order valence-corrected chi connectivity index (χ0v) is 11.1. The zero-order valence-electron chi connectivity index (χ0n) is 11.1. The van der Waals surface area contributed by atoms with E-state index >= 15 is 0 Å². The highest BCUT2D eigenvalue weighted by Crippen LogP contribution is 2.21. The SMILES string of the molecule is Cc1cccc(C=O)c1OCC(O)COC(C)C. The van der Waals surface area contributed by atoms with Gasteiger partial charge in [0.2, 0.25) is 0 Å². The van der Waals surface area contributed by atoms with Gasteiger partial charge in [-0.1, -0.05) is 12.1 Å². The van der Waals surface area contributed by atoms with Crippen LogP contribution < -0.4 is 4.74 Å². The van der Waals surface area contributed by atoms with Crippen molar-refractivity contribution in [2.75, 3.05) is 13.2 Å². The minimum atomic E-state index is -0.702. The molecule has 1 aromatic carbocycles. The number of para-hydroxylation sites is 1. The van der Waals surface area contributed by atoms with Crippen molar-refractivity contribution in [3.05, 3.63) is 29.3 Å². The second kappa shape index (κ2) is 7.13. The summed E-state index contributed by atoms with van der Waals surface area (Å²) >= 11 is 0. The molecule has 1 aromatic rings. The molecule has 1 unspecified atom stereocenters. The Balaban J connectivity index is 2.55. The molecule has 0 aliphatic heterocycles. The molecule has 4 nitrogen and oxygen atoms in total. The van der Waals surface area contributed by atoms with E-state index in [-0.39, 0.29) is 19.3 Å². The molecule has 1 N–H and O–H groups in total. The Labute approximate surface area is 108 Å². The summed E-state index contributed by atoms with van der Waals surface area (Å²) in [6, 6.07) is 5.34. The first kappa shape index (κ1) is 14.7. The second-order valence-electron chi connectivity index (χ2n) is 4.46. The van der Waals surface area contributed by atoms with E-state index in [1.165, 1.54) is 0 Å². The highest BCUT2D eigenvalue weighted by atomic mass is 16.5. The Kier molecular flexibility index (Phi) is 5.82. The van der Waals surface area contributed by atoms with Crippen molar-refractivity contribution in [1.82, 2.24) is 0 Å². The first-order chi connectivity index (χ1) is 8.54. The summed E-state index contributed by atoms with van der Waals surface area (Å²) in [7, 11) is 0. The second-order valence-corrected chi connectivity index (χ2v) is 4.46. The van der Waals surface area contributed by atoms with Crippen molar-refractivity contribution in [3.63, 3.8) is 0 Å². The van der Waals surface area contributed by atoms with Crippen LogP contribution in [0.15, 0.2) is 18.2 Å². The van der Waals surface area contributed by atoms with Crippen LogP contribution in [0.2, 0.25) is 0 Å². The van der Waals surface area contributed by atoms with Crippen LogP contribution in [-0.4, -0.2) is 36.8 Å². The van der Waals surface area contributed by atoms with Gasteiger partial charge in [-0.05, 0) is 32.4 Å². The Bertz CT molecular complexity index is 387. The van der Waals surface area contributed by atoms with Gasteiger partial charge in [0.1, 0.15) is 18.5 Å². The van der Waals surface area contributed by atoms with Gasteiger partial charge in [0, 0.05) is 0 Å². The Morgan fingerprint density at radius 1 is 1.33 bits per heavy atom. The fourth-order valence-corrected chi connectivity index (χ4v) is 1.50. The van der Waals surface area contributed by atoms with Crippen molar-refractivity contribution in [3.8, 4) is 5.75 Å². The van der Waals surface area contributed by atoms with Crippen molar-refractivity contribution in [2.24, 2.45) is 0 Å². The van der Waals surface area contributed by atoms with Crippen LogP contribution in [0.4, 0.5) is 0 Å². The van der Waals surface area contributed by atoms with E-state index < -0.39 is 6.10 Å². The number of rotatable bonds is 7. The number of carbonyl (C=O) groups excluding carboxylic acids is 1. The Hall–Kier alpha value is -1.39. The van der Waals surface area contributed by atoms with Gasteiger partial charge >= 0.3 is 0 Å². The molecule has 0 aromatic heterocycles. The molecule has 0 heterocycles. The van der Waals surface area contributed by atoms with Gasteiger partial charge in [-0.25, -0.2) is 0 Å². The van der Waals surface area contributed by atoms with E-state index in [9.17, 15) is 9.90 Å². The summed E-state index contributed by atoms with van der Waals surface area (Å²) in [5, 5.41) is 9.68. The number of aliphatic hydroxyl groups is 1. The van der Waals surface area contributed by atoms with Crippen LogP contribution >= 0.6 is 0 Å². The van der Waals surface area contributed by atoms with Crippen LogP contribution in [0, 0.1) is 6.92 Å². The van der Waals surface area contributed by atoms with E-state index in [4.69, 9.17) is 9.47 Å². The van der Waals surface area contributed by atoms with Gasteiger partial charge in [0.05, 0.1) is 18.3 Å². The molecule has 0 amide bonds. The number of aldehydes is 1. The molecule has 0 aliphatic carbocycles. The largest absolute Gasteiger partial charge is 0.490 e. The predicted molar refractivity (Wildman–Crippen MR) is 69.2 cm³/mol. The van der Waals surface area contributed by atoms with Gasteiger partial charge in [-0.15, -0.1) is 0 Å². The third kappa shape index (κ3) is 4.47. The standard InChI is InChI=1S/C14H20O4/c1-10(2)17-8-13(16)9-18-14-11(3)5-4-6-12(14)7-15/h4-7,10,13,16H,8-9H2,1-3H3. The highest BCUT2D eigenvalue weighted by molar-refractivity contribution is 5.80. The number of hydrogen-bond acceptors (Lipinski definition) is 4. The summed E-state index contributed by atoms with van der Waals surface area (Å²) in [5.41, 5.74) is 1.36. The summed E-state index contributed by atoms with van der Waals surface area (Å²) in [4.78, 5) is 10.9. The van der Waals surface area contributed by atoms with Crippen molar-refractivity contribution < 1.29 is 19.4 Å². The van der Waals surface area contributed by atoms with Crippen LogP contribution in [-0.2, 0) is 4.74 Å². The van der Waals surface area contributed by atoms with E-state index in [1.54, 1.807) is 12.1 Å². The van der Waals surface area contributed by atoms with E-state index in [0.29, 0.717) is 11.3 Å². The molecule has 0 bridgehead atoms. The molecule has 18 heavy (non-hydrogen) atoms. The minimum Gasteiger partial charge on any atom is -0.490 e. The van der Waals surface area contributed by atoms with Crippen LogP contribution in [0.25, 0.3) is 0 Å². The lowest BCUT2D eigenvalue weighted by Crippen LogP contribution is -2.25. The number of hydrogen-bond donors (Lipinski definition) is 1. The summed E-state index contributed by atoms with van der Waals surface area (Å²) in [6.07, 6.45) is 0.120. The molecule has 1 rings (SSSR count). The monoisotopic (exact) mass is 252 g/mol. The van der Waals surface area contributed by atoms with Crippen molar-refractivity contribution in [1.29, 1.82) is 0 Å². The topological polar surface area (TPSA) is 55.8 Å². The Morgan fingerprint density at radius 3 is 2.67 bits per heavy atom. The Morgan fingerprint density at radius 2 is 2.06 bits per heavy atom. The summed E-state index contributed by atoms with van der Waals surface area (Å²) in [5.74, 6) is 0.524. The fourth-order valence-electron chi connectivity index (χ4n) is 1.50. The minimum absolute atomic E-state index is 0.0728. The predicted octanol–water partition coefficient (Wildman–Crippen LogP) is 1.97. The molecule has 1 atom stereocenters. The maximum Gasteiger partial charge on any atom is 0.153 e. The van der Waals surface area contributed by atoms with Gasteiger partial charge in [-0.3, -0.25) is 4.79 Å². The van der Waals surface area contributed by atoms with E-state index in [2.05, 4.69) is 0 Å². The average molecular weight is 252 g/mol. The maximum absolute atomic E-state index is 10.9. The molecule has 0 saturated heterocycles. The highest BCUT2D eigenvalue weighted by Gasteiger charge is 2.10. The number of ether oxygens (including phenoxy) is 2. The first-order valence-electron chi connectivity index (χ1n) is 6.01. The lowest BCUT2D eigenvalue weighted by Gasteiger charge is -2.16. The number of aryl methyl sites for hydroxylation is 1. The number of benzene rings is 1.